The number of fused-ring (bicyclic) bond motifs is 1. The maximum absolute atomic E-state index is 12.9. The molecule has 1 heterocycles. The molecule has 3 rings (SSSR count). The predicted molar refractivity (Wildman–Crippen MR) is 105 cm³/mol. The number of hydrogen-bond donors (Lipinski definition) is 0. The summed E-state index contributed by atoms with van der Waals surface area (Å²) in [5.74, 6) is -0.504. The Kier molecular flexibility index (Phi) is 5.20. The molecule has 136 valence electrons. The lowest BCUT2D eigenvalue weighted by Gasteiger charge is -2.16. The number of benzene rings is 2. The van der Waals surface area contributed by atoms with Crippen molar-refractivity contribution >= 4 is 42.6 Å². The molecule has 0 radical (unpaired) electrons. The van der Waals surface area contributed by atoms with Crippen LogP contribution in [-0.4, -0.2) is 32.5 Å². The first-order chi connectivity index (χ1) is 12.2. The molecule has 2 aromatic carbocycles. The molecule has 0 aliphatic carbocycles. The highest BCUT2D eigenvalue weighted by atomic mass is 79.9. The zero-order chi connectivity index (χ0) is 18.9. The van der Waals surface area contributed by atoms with Gasteiger partial charge in [-0.2, -0.15) is 0 Å². The maximum atomic E-state index is 12.9. The third kappa shape index (κ3) is 4.16. The first-order valence-corrected chi connectivity index (χ1v) is 10.8. The quantitative estimate of drug-likeness (QED) is 0.606. The van der Waals surface area contributed by atoms with Gasteiger partial charge < -0.3 is 9.32 Å². The summed E-state index contributed by atoms with van der Waals surface area (Å²) in [6.07, 6.45) is 1.15. The Labute approximate surface area is 160 Å². The summed E-state index contributed by atoms with van der Waals surface area (Å²) >= 11 is 3.38. The van der Waals surface area contributed by atoms with Crippen molar-refractivity contribution in [3.05, 3.63) is 69.9 Å². The van der Waals surface area contributed by atoms with Crippen LogP contribution in [0.1, 0.15) is 21.7 Å². The van der Waals surface area contributed by atoms with Crippen LogP contribution in [0.15, 0.2) is 57.4 Å². The van der Waals surface area contributed by atoms with Gasteiger partial charge in [0.05, 0.1) is 5.75 Å². The maximum Gasteiger partial charge on any atom is 0.289 e. The number of hydrogen-bond acceptors (Lipinski definition) is 4. The second-order valence-electron chi connectivity index (χ2n) is 6.26. The van der Waals surface area contributed by atoms with Crippen molar-refractivity contribution in [2.24, 2.45) is 0 Å². The average Bonchev–Trinajstić information content (AvgIpc) is 2.93. The average molecular weight is 436 g/mol. The van der Waals surface area contributed by atoms with Crippen molar-refractivity contribution in [3.63, 3.8) is 0 Å². The molecule has 5 nitrogen and oxygen atoms in total. The van der Waals surface area contributed by atoms with Gasteiger partial charge in [0.2, 0.25) is 0 Å². The topological polar surface area (TPSA) is 67.6 Å². The highest BCUT2D eigenvalue weighted by Crippen LogP contribution is 2.28. The molecule has 1 aromatic heterocycles. The lowest BCUT2D eigenvalue weighted by molar-refractivity contribution is 0.0754. The number of sulfone groups is 1. The van der Waals surface area contributed by atoms with Crippen molar-refractivity contribution < 1.29 is 17.6 Å². The van der Waals surface area contributed by atoms with Gasteiger partial charge in [-0.25, -0.2) is 8.42 Å². The number of para-hydroxylation sites is 1. The Morgan fingerprint density at radius 3 is 2.42 bits per heavy atom. The summed E-state index contributed by atoms with van der Waals surface area (Å²) in [5.41, 5.74) is 1.88. The van der Waals surface area contributed by atoms with Crippen LogP contribution in [0.2, 0.25) is 0 Å². The van der Waals surface area contributed by atoms with Crippen LogP contribution in [0.4, 0.5) is 0 Å². The standard InChI is InChI=1S/C19H18BrNO4S/c1-21(11-13-7-9-14(20)10-8-13)19(22)18-16(12-26(2,23)24)15-5-3-4-6-17(15)25-18/h3-10H,11-12H2,1-2H3. The SMILES string of the molecule is CN(Cc1ccc(Br)cc1)C(=O)c1oc2ccccc2c1CS(C)(=O)=O. The summed E-state index contributed by atoms with van der Waals surface area (Å²) in [6, 6.07) is 14.7. The molecule has 0 fully saturated rings. The van der Waals surface area contributed by atoms with E-state index in [0.29, 0.717) is 23.1 Å². The van der Waals surface area contributed by atoms with Gasteiger partial charge in [0.15, 0.2) is 15.6 Å². The third-order valence-electron chi connectivity index (χ3n) is 3.98. The number of rotatable bonds is 5. The van der Waals surface area contributed by atoms with Crippen LogP contribution in [-0.2, 0) is 22.1 Å². The van der Waals surface area contributed by atoms with E-state index in [1.807, 2.05) is 24.3 Å². The number of halogens is 1. The van der Waals surface area contributed by atoms with E-state index in [1.54, 1.807) is 31.3 Å². The van der Waals surface area contributed by atoms with Gasteiger partial charge >= 0.3 is 0 Å². The summed E-state index contributed by atoms with van der Waals surface area (Å²) < 4.78 is 30.4. The molecule has 0 aliphatic rings. The van der Waals surface area contributed by atoms with Crippen LogP contribution in [0.5, 0.6) is 0 Å². The van der Waals surface area contributed by atoms with Crippen molar-refractivity contribution in [3.8, 4) is 0 Å². The lowest BCUT2D eigenvalue weighted by atomic mass is 10.1. The lowest BCUT2D eigenvalue weighted by Crippen LogP contribution is -2.27. The van der Waals surface area contributed by atoms with Crippen molar-refractivity contribution in [1.82, 2.24) is 4.90 Å². The van der Waals surface area contributed by atoms with Crippen LogP contribution in [0, 0.1) is 0 Å². The monoisotopic (exact) mass is 435 g/mol. The van der Waals surface area contributed by atoms with Gasteiger partial charge in [0.25, 0.3) is 5.91 Å². The number of carbonyl (C=O) groups is 1. The minimum Gasteiger partial charge on any atom is -0.451 e. The molecule has 7 heteroatoms. The Morgan fingerprint density at radius 2 is 1.77 bits per heavy atom. The van der Waals surface area contributed by atoms with E-state index in [2.05, 4.69) is 15.9 Å². The molecule has 0 saturated heterocycles. The minimum absolute atomic E-state index is 0.0798. The Morgan fingerprint density at radius 1 is 1.12 bits per heavy atom. The molecule has 0 spiro atoms. The van der Waals surface area contributed by atoms with Crippen molar-refractivity contribution in [2.75, 3.05) is 13.3 Å². The summed E-state index contributed by atoms with van der Waals surface area (Å²) in [6.45, 7) is 0.390. The molecule has 0 N–H and O–H groups in total. The van der Waals surface area contributed by atoms with E-state index in [9.17, 15) is 13.2 Å². The van der Waals surface area contributed by atoms with Crippen LogP contribution in [0.25, 0.3) is 11.0 Å². The van der Waals surface area contributed by atoms with Gasteiger partial charge in [-0.05, 0) is 23.8 Å². The summed E-state index contributed by atoms with van der Waals surface area (Å²) in [7, 11) is -1.65. The smallest absolute Gasteiger partial charge is 0.289 e. The van der Waals surface area contributed by atoms with Gasteiger partial charge in [0, 0.05) is 35.3 Å². The number of carbonyl (C=O) groups excluding carboxylic acids is 1. The van der Waals surface area contributed by atoms with Crippen LogP contribution >= 0.6 is 15.9 Å². The molecular weight excluding hydrogens is 418 g/mol. The van der Waals surface area contributed by atoms with Crippen molar-refractivity contribution in [2.45, 2.75) is 12.3 Å². The van der Waals surface area contributed by atoms with E-state index in [0.717, 1.165) is 16.3 Å². The fourth-order valence-electron chi connectivity index (χ4n) is 2.79. The molecule has 26 heavy (non-hydrogen) atoms. The molecule has 0 aliphatic heterocycles. The van der Waals surface area contributed by atoms with Crippen LogP contribution in [0.3, 0.4) is 0 Å². The molecule has 1 amide bonds. The highest BCUT2D eigenvalue weighted by molar-refractivity contribution is 9.10. The minimum atomic E-state index is -3.32. The highest BCUT2D eigenvalue weighted by Gasteiger charge is 2.25. The second-order valence-corrected chi connectivity index (χ2v) is 9.32. The van der Waals surface area contributed by atoms with E-state index in [1.165, 1.54) is 4.90 Å². The van der Waals surface area contributed by atoms with E-state index in [-0.39, 0.29) is 17.4 Å². The number of nitrogens with zero attached hydrogens (tertiary/aromatic N) is 1. The van der Waals surface area contributed by atoms with E-state index in [4.69, 9.17) is 4.42 Å². The molecule has 0 bridgehead atoms. The normalized spacial score (nSPS) is 11.7. The Hall–Kier alpha value is -2.12. The fourth-order valence-corrected chi connectivity index (χ4v) is 3.86. The first kappa shape index (κ1) is 18.7. The van der Waals surface area contributed by atoms with Gasteiger partial charge in [-0.1, -0.05) is 46.3 Å². The third-order valence-corrected chi connectivity index (χ3v) is 5.32. The molecule has 3 aromatic rings. The predicted octanol–water partition coefficient (Wildman–Crippen LogP) is 4.01. The number of furan rings is 1. The molecular formula is C19H18BrNO4S. The number of amides is 1. The second kappa shape index (κ2) is 7.25. The Bertz CT molecular complexity index is 1050. The first-order valence-electron chi connectivity index (χ1n) is 7.92. The zero-order valence-electron chi connectivity index (χ0n) is 14.4. The van der Waals surface area contributed by atoms with Gasteiger partial charge in [-0.15, -0.1) is 0 Å². The fraction of sp³-hybridized carbons (Fsp3) is 0.211. The van der Waals surface area contributed by atoms with Crippen LogP contribution < -0.4 is 0 Å². The van der Waals surface area contributed by atoms with E-state index < -0.39 is 9.84 Å². The zero-order valence-corrected chi connectivity index (χ0v) is 16.8. The molecule has 0 unspecified atom stereocenters. The molecule has 0 saturated carbocycles. The summed E-state index contributed by atoms with van der Waals surface area (Å²) in [4.78, 5) is 14.4. The summed E-state index contributed by atoms with van der Waals surface area (Å²) in [5, 5.41) is 0.651. The Balaban J connectivity index is 1.96. The largest absolute Gasteiger partial charge is 0.451 e. The van der Waals surface area contributed by atoms with E-state index >= 15 is 0 Å². The molecule has 0 atom stereocenters. The van der Waals surface area contributed by atoms with Gasteiger partial charge in [0.1, 0.15) is 5.58 Å². The van der Waals surface area contributed by atoms with Crippen molar-refractivity contribution in [1.29, 1.82) is 0 Å². The van der Waals surface area contributed by atoms with Gasteiger partial charge in [-0.3, -0.25) is 4.79 Å².